The number of hydrogen-bond donors (Lipinski definition) is 1. The number of anilines is 1. The van der Waals surface area contributed by atoms with Crippen molar-refractivity contribution in [3.05, 3.63) is 47.4 Å². The lowest BCUT2D eigenvalue weighted by Gasteiger charge is -1.99. The van der Waals surface area contributed by atoms with Crippen molar-refractivity contribution in [1.29, 1.82) is 0 Å². The topological polar surface area (TPSA) is 56.2 Å². The molecule has 4 nitrogen and oxygen atoms in total. The predicted molar refractivity (Wildman–Crippen MR) is 72.6 cm³/mol. The lowest BCUT2D eigenvalue weighted by molar-refractivity contribution is 1.19. The first kappa shape index (κ1) is 11.0. The number of nitrogens with zero attached hydrogens (tertiary/aromatic N) is 3. The molecule has 0 saturated carbocycles. The molecular formula is C13H11ClN4. The first-order valence-electron chi connectivity index (χ1n) is 5.51. The number of aromatic nitrogens is 3. The van der Waals surface area contributed by atoms with Crippen LogP contribution in [0.5, 0.6) is 0 Å². The first-order valence-corrected chi connectivity index (χ1v) is 5.89. The molecule has 0 aliphatic heterocycles. The fourth-order valence-corrected chi connectivity index (χ4v) is 2.02. The molecule has 3 aromatic rings. The van der Waals surface area contributed by atoms with Gasteiger partial charge in [-0.05, 0) is 31.2 Å². The molecule has 5 heteroatoms. The van der Waals surface area contributed by atoms with Crippen LogP contribution in [0.25, 0.3) is 16.9 Å². The quantitative estimate of drug-likeness (QED) is 0.730. The van der Waals surface area contributed by atoms with E-state index >= 15 is 0 Å². The van der Waals surface area contributed by atoms with Crippen LogP contribution >= 0.6 is 11.6 Å². The van der Waals surface area contributed by atoms with Crippen LogP contribution in [0.15, 0.2) is 36.7 Å². The predicted octanol–water partition coefficient (Wildman–Crippen LogP) is 2.94. The number of fused-ring (bicyclic) bond motifs is 1. The number of aryl methyl sites for hydroxylation is 1. The number of imidazole rings is 1. The van der Waals surface area contributed by atoms with Gasteiger partial charge in [-0.1, -0.05) is 11.6 Å². The van der Waals surface area contributed by atoms with Crippen molar-refractivity contribution < 1.29 is 0 Å². The van der Waals surface area contributed by atoms with E-state index in [-0.39, 0.29) is 0 Å². The van der Waals surface area contributed by atoms with E-state index in [1.807, 2.05) is 25.1 Å². The second kappa shape index (κ2) is 3.99. The van der Waals surface area contributed by atoms with Crippen molar-refractivity contribution in [3.8, 4) is 11.3 Å². The fraction of sp³-hybridized carbons (Fsp3) is 0.0769. The van der Waals surface area contributed by atoms with Crippen LogP contribution in [-0.2, 0) is 0 Å². The molecule has 0 aliphatic carbocycles. The van der Waals surface area contributed by atoms with E-state index in [4.69, 9.17) is 17.3 Å². The van der Waals surface area contributed by atoms with Gasteiger partial charge >= 0.3 is 0 Å². The SMILES string of the molecule is Cc1ccc(-c2nc3ccc(Cl)cn3c2N)cn1. The van der Waals surface area contributed by atoms with E-state index in [0.717, 1.165) is 22.6 Å². The Morgan fingerprint density at radius 2 is 2.06 bits per heavy atom. The van der Waals surface area contributed by atoms with Crippen LogP contribution in [0.4, 0.5) is 5.82 Å². The van der Waals surface area contributed by atoms with Gasteiger partial charge in [0.05, 0.1) is 5.02 Å². The first-order chi connectivity index (χ1) is 8.65. The second-order valence-electron chi connectivity index (χ2n) is 4.11. The Morgan fingerprint density at radius 3 is 2.78 bits per heavy atom. The third-order valence-electron chi connectivity index (χ3n) is 2.80. The summed E-state index contributed by atoms with van der Waals surface area (Å²) in [5.41, 5.74) is 9.45. The Hall–Kier alpha value is -2.07. The molecule has 0 unspecified atom stereocenters. The minimum Gasteiger partial charge on any atom is -0.383 e. The summed E-state index contributed by atoms with van der Waals surface area (Å²) in [4.78, 5) is 8.75. The largest absolute Gasteiger partial charge is 0.383 e. The molecule has 0 aromatic carbocycles. The standard InChI is InChI=1S/C13H11ClN4/c1-8-2-3-9(6-16-8)12-13(15)18-7-10(14)4-5-11(18)17-12/h2-7H,15H2,1H3. The third kappa shape index (κ3) is 1.71. The molecule has 0 atom stereocenters. The monoisotopic (exact) mass is 258 g/mol. The number of nitrogens with two attached hydrogens (primary N) is 1. The van der Waals surface area contributed by atoms with Crippen LogP contribution < -0.4 is 5.73 Å². The van der Waals surface area contributed by atoms with E-state index in [9.17, 15) is 0 Å². The van der Waals surface area contributed by atoms with Crippen LogP contribution in [0.1, 0.15) is 5.69 Å². The van der Waals surface area contributed by atoms with Gasteiger partial charge in [0.25, 0.3) is 0 Å². The molecule has 0 amide bonds. The zero-order valence-electron chi connectivity index (χ0n) is 9.76. The van der Waals surface area contributed by atoms with Gasteiger partial charge in [-0.3, -0.25) is 9.38 Å². The Labute approximate surface area is 109 Å². The normalized spacial score (nSPS) is 11.0. The van der Waals surface area contributed by atoms with Gasteiger partial charge in [0, 0.05) is 23.7 Å². The molecule has 18 heavy (non-hydrogen) atoms. The van der Waals surface area contributed by atoms with Gasteiger partial charge in [-0.25, -0.2) is 4.98 Å². The van der Waals surface area contributed by atoms with Crippen molar-refractivity contribution >= 4 is 23.1 Å². The molecule has 0 radical (unpaired) electrons. The highest BCUT2D eigenvalue weighted by molar-refractivity contribution is 6.30. The highest BCUT2D eigenvalue weighted by atomic mass is 35.5. The third-order valence-corrected chi connectivity index (χ3v) is 3.03. The smallest absolute Gasteiger partial charge is 0.139 e. The Balaban J connectivity index is 2.23. The summed E-state index contributed by atoms with van der Waals surface area (Å²) in [6.45, 7) is 1.94. The highest BCUT2D eigenvalue weighted by Gasteiger charge is 2.11. The second-order valence-corrected chi connectivity index (χ2v) is 4.55. The summed E-state index contributed by atoms with van der Waals surface area (Å²) < 4.78 is 1.78. The Bertz CT molecular complexity index is 716. The van der Waals surface area contributed by atoms with Gasteiger partial charge in [0.2, 0.25) is 0 Å². The van der Waals surface area contributed by atoms with Gasteiger partial charge in [-0.15, -0.1) is 0 Å². The van der Waals surface area contributed by atoms with E-state index < -0.39 is 0 Å². The number of nitrogen functional groups attached to an aromatic ring is 1. The average Bonchev–Trinajstić information content (AvgIpc) is 2.68. The summed E-state index contributed by atoms with van der Waals surface area (Å²) >= 11 is 5.95. The van der Waals surface area contributed by atoms with Crippen LogP contribution in [-0.4, -0.2) is 14.4 Å². The van der Waals surface area contributed by atoms with E-state index in [0.29, 0.717) is 10.8 Å². The zero-order chi connectivity index (χ0) is 12.7. The van der Waals surface area contributed by atoms with Gasteiger partial charge in [-0.2, -0.15) is 0 Å². The van der Waals surface area contributed by atoms with Crippen LogP contribution in [0.2, 0.25) is 5.02 Å². The Kier molecular flexibility index (Phi) is 2.45. The highest BCUT2D eigenvalue weighted by Crippen LogP contribution is 2.26. The van der Waals surface area contributed by atoms with Crippen molar-refractivity contribution in [3.63, 3.8) is 0 Å². The van der Waals surface area contributed by atoms with Crippen molar-refractivity contribution in [1.82, 2.24) is 14.4 Å². The lowest BCUT2D eigenvalue weighted by Crippen LogP contribution is -1.94. The molecule has 3 rings (SSSR count). The molecule has 0 saturated heterocycles. The fourth-order valence-electron chi connectivity index (χ4n) is 1.86. The number of hydrogen-bond acceptors (Lipinski definition) is 3. The van der Waals surface area contributed by atoms with Crippen LogP contribution in [0, 0.1) is 6.92 Å². The zero-order valence-corrected chi connectivity index (χ0v) is 10.5. The molecule has 3 aromatic heterocycles. The molecule has 90 valence electrons. The number of pyridine rings is 2. The van der Waals surface area contributed by atoms with Crippen molar-refractivity contribution in [2.75, 3.05) is 5.73 Å². The van der Waals surface area contributed by atoms with E-state index in [2.05, 4.69) is 9.97 Å². The Morgan fingerprint density at radius 1 is 1.22 bits per heavy atom. The van der Waals surface area contributed by atoms with Crippen molar-refractivity contribution in [2.45, 2.75) is 6.92 Å². The molecule has 3 heterocycles. The maximum atomic E-state index is 6.09. The molecule has 2 N–H and O–H groups in total. The minimum atomic E-state index is 0.568. The summed E-state index contributed by atoms with van der Waals surface area (Å²) in [5, 5.41) is 0.625. The maximum Gasteiger partial charge on any atom is 0.139 e. The summed E-state index contributed by atoms with van der Waals surface area (Å²) in [6.07, 6.45) is 3.53. The van der Waals surface area contributed by atoms with Gasteiger partial charge < -0.3 is 5.73 Å². The molecular weight excluding hydrogens is 248 g/mol. The average molecular weight is 259 g/mol. The summed E-state index contributed by atoms with van der Waals surface area (Å²) in [5.74, 6) is 0.568. The summed E-state index contributed by atoms with van der Waals surface area (Å²) in [6, 6.07) is 7.53. The summed E-state index contributed by atoms with van der Waals surface area (Å²) in [7, 11) is 0. The number of halogens is 1. The van der Waals surface area contributed by atoms with Crippen LogP contribution in [0.3, 0.4) is 0 Å². The van der Waals surface area contributed by atoms with E-state index in [1.54, 1.807) is 22.9 Å². The van der Waals surface area contributed by atoms with E-state index in [1.165, 1.54) is 0 Å². The molecule has 0 spiro atoms. The number of rotatable bonds is 1. The van der Waals surface area contributed by atoms with Gasteiger partial charge in [0.15, 0.2) is 0 Å². The molecule has 0 aliphatic rings. The maximum absolute atomic E-state index is 6.09. The minimum absolute atomic E-state index is 0.568. The van der Waals surface area contributed by atoms with Crippen molar-refractivity contribution in [2.24, 2.45) is 0 Å². The molecule has 0 fully saturated rings. The molecule has 0 bridgehead atoms. The lowest BCUT2D eigenvalue weighted by atomic mass is 10.2. The van der Waals surface area contributed by atoms with Gasteiger partial charge in [0.1, 0.15) is 17.2 Å².